The number of carbonyl (C=O) groups excluding carboxylic acids is 1. The van der Waals surface area contributed by atoms with Crippen LogP contribution in [0.1, 0.15) is 16.7 Å². The Morgan fingerprint density at radius 1 is 1.07 bits per heavy atom. The quantitative estimate of drug-likeness (QED) is 0.479. The molecule has 1 heterocycles. The fourth-order valence-corrected chi connectivity index (χ4v) is 3.15. The minimum absolute atomic E-state index is 0.243. The van der Waals surface area contributed by atoms with Crippen LogP contribution in [0, 0.1) is 6.92 Å². The summed E-state index contributed by atoms with van der Waals surface area (Å²) in [6.45, 7) is 6.05. The van der Waals surface area contributed by atoms with Crippen LogP contribution in [0.4, 0.5) is 18.9 Å². The molecule has 0 aliphatic carbocycles. The zero-order valence-corrected chi connectivity index (χ0v) is 16.5. The first-order valence-corrected chi connectivity index (χ1v) is 9.41. The van der Waals surface area contributed by atoms with Gasteiger partial charge in [-0.2, -0.15) is 13.2 Å². The van der Waals surface area contributed by atoms with Gasteiger partial charge < -0.3 is 4.90 Å². The van der Waals surface area contributed by atoms with Gasteiger partial charge in [0, 0.05) is 12.1 Å². The van der Waals surface area contributed by atoms with Crippen molar-refractivity contribution in [1.29, 1.82) is 0 Å². The monoisotopic (exact) mass is 410 g/mol. The molecule has 0 saturated heterocycles. The van der Waals surface area contributed by atoms with Gasteiger partial charge in [-0.15, -0.1) is 0 Å². The number of nitrogens with zero attached hydrogens (tertiary/aromatic N) is 2. The predicted molar refractivity (Wildman–Crippen MR) is 112 cm³/mol. The third kappa shape index (κ3) is 4.95. The van der Waals surface area contributed by atoms with Gasteiger partial charge in [0.1, 0.15) is 0 Å². The van der Waals surface area contributed by atoms with Crippen molar-refractivity contribution in [3.05, 3.63) is 96.2 Å². The summed E-state index contributed by atoms with van der Waals surface area (Å²) in [6.07, 6.45) is -0.904. The van der Waals surface area contributed by atoms with Crippen molar-refractivity contribution in [1.82, 2.24) is 4.98 Å². The Kier molecular flexibility index (Phi) is 6.35. The highest BCUT2D eigenvalue weighted by atomic mass is 19.4. The smallest absolute Gasteiger partial charge is 0.307 e. The van der Waals surface area contributed by atoms with Gasteiger partial charge in [0.15, 0.2) is 0 Å². The second kappa shape index (κ2) is 8.95. The molecule has 0 fully saturated rings. The number of alkyl halides is 3. The zero-order valence-electron chi connectivity index (χ0n) is 16.5. The summed E-state index contributed by atoms with van der Waals surface area (Å²) in [5.74, 6) is -0.243. The molecule has 0 atom stereocenters. The normalized spacial score (nSPS) is 11.2. The van der Waals surface area contributed by atoms with E-state index in [4.69, 9.17) is 0 Å². The van der Waals surface area contributed by atoms with Crippen LogP contribution in [0.3, 0.4) is 0 Å². The Hall–Kier alpha value is -3.41. The number of aryl methyl sites for hydroxylation is 1. The Labute approximate surface area is 173 Å². The van der Waals surface area contributed by atoms with Crippen molar-refractivity contribution >= 4 is 11.6 Å². The van der Waals surface area contributed by atoms with Crippen molar-refractivity contribution < 1.29 is 18.0 Å². The van der Waals surface area contributed by atoms with Crippen molar-refractivity contribution in [2.45, 2.75) is 19.5 Å². The first-order chi connectivity index (χ1) is 14.3. The van der Waals surface area contributed by atoms with E-state index in [2.05, 4.69) is 11.6 Å². The summed E-state index contributed by atoms with van der Waals surface area (Å²) in [4.78, 5) is 18.3. The van der Waals surface area contributed by atoms with Crippen LogP contribution >= 0.6 is 0 Å². The molecule has 3 nitrogen and oxygen atoms in total. The summed E-state index contributed by atoms with van der Waals surface area (Å²) in [5, 5.41) is 0. The molecule has 0 saturated carbocycles. The largest absolute Gasteiger partial charge is 0.416 e. The number of carbonyl (C=O) groups is 1. The van der Waals surface area contributed by atoms with Crippen LogP contribution in [0.25, 0.3) is 11.3 Å². The molecule has 3 rings (SSSR count). The molecular formula is C24H21F3N2O. The van der Waals surface area contributed by atoms with E-state index in [-0.39, 0.29) is 5.91 Å². The van der Waals surface area contributed by atoms with Crippen molar-refractivity contribution in [3.8, 4) is 11.3 Å². The second-order valence-corrected chi connectivity index (χ2v) is 6.85. The van der Waals surface area contributed by atoms with E-state index < -0.39 is 11.7 Å². The average Bonchev–Trinajstić information content (AvgIpc) is 2.75. The van der Waals surface area contributed by atoms with Gasteiger partial charge in [-0.3, -0.25) is 9.78 Å². The third-order valence-corrected chi connectivity index (χ3v) is 4.87. The van der Waals surface area contributed by atoms with Crippen LogP contribution < -0.4 is 4.90 Å². The average molecular weight is 410 g/mol. The lowest BCUT2D eigenvalue weighted by atomic mass is 10.1. The van der Waals surface area contributed by atoms with Gasteiger partial charge in [-0.05, 0) is 54.8 Å². The van der Waals surface area contributed by atoms with E-state index in [1.807, 2.05) is 31.2 Å². The summed E-state index contributed by atoms with van der Waals surface area (Å²) < 4.78 is 38.2. The van der Waals surface area contributed by atoms with Crippen LogP contribution in [-0.2, 0) is 17.4 Å². The van der Waals surface area contributed by atoms with Crippen LogP contribution in [-0.4, -0.2) is 17.4 Å². The van der Waals surface area contributed by atoms with Crippen LogP contribution in [0.15, 0.2) is 79.5 Å². The maximum Gasteiger partial charge on any atom is 0.416 e. The highest BCUT2D eigenvalue weighted by Crippen LogP contribution is 2.31. The minimum atomic E-state index is -4.38. The Morgan fingerprint density at radius 3 is 2.33 bits per heavy atom. The maximum atomic E-state index is 12.7. The standard InChI is InChI=1S/C24H21F3N2O/c1-3-23(30)29(15-14-18-7-5-4-6-17(18)2)21-12-13-22(28-16-21)19-8-10-20(11-9-19)24(25,26)27/h3-13,16H,1,14-15H2,2H3. The number of aromatic nitrogens is 1. The highest BCUT2D eigenvalue weighted by Gasteiger charge is 2.30. The minimum Gasteiger partial charge on any atom is -0.307 e. The molecule has 0 unspecified atom stereocenters. The zero-order chi connectivity index (χ0) is 21.7. The molecular weight excluding hydrogens is 389 g/mol. The van der Waals surface area contributed by atoms with Gasteiger partial charge in [0.25, 0.3) is 0 Å². The lowest BCUT2D eigenvalue weighted by Gasteiger charge is -2.22. The van der Waals surface area contributed by atoms with Crippen molar-refractivity contribution in [2.24, 2.45) is 0 Å². The Balaban J connectivity index is 1.79. The van der Waals surface area contributed by atoms with Gasteiger partial charge in [-0.1, -0.05) is 43.0 Å². The fraction of sp³-hybridized carbons (Fsp3) is 0.167. The number of hydrogen-bond donors (Lipinski definition) is 0. The van der Waals surface area contributed by atoms with E-state index in [0.717, 1.165) is 23.3 Å². The lowest BCUT2D eigenvalue weighted by Crippen LogP contribution is -2.31. The van der Waals surface area contributed by atoms with E-state index in [1.165, 1.54) is 18.2 Å². The van der Waals surface area contributed by atoms with Crippen molar-refractivity contribution in [2.75, 3.05) is 11.4 Å². The maximum absolute atomic E-state index is 12.7. The molecule has 3 aromatic rings. The summed E-state index contributed by atoms with van der Waals surface area (Å²) in [6, 6.07) is 16.2. The van der Waals surface area contributed by atoms with E-state index in [9.17, 15) is 18.0 Å². The Morgan fingerprint density at radius 2 is 1.77 bits per heavy atom. The molecule has 0 aliphatic rings. The van der Waals surface area contributed by atoms with Crippen molar-refractivity contribution in [3.63, 3.8) is 0 Å². The topological polar surface area (TPSA) is 33.2 Å². The van der Waals surface area contributed by atoms with Crippen LogP contribution in [0.2, 0.25) is 0 Å². The van der Waals surface area contributed by atoms with Gasteiger partial charge >= 0.3 is 6.18 Å². The molecule has 30 heavy (non-hydrogen) atoms. The number of pyridine rings is 1. The molecule has 154 valence electrons. The lowest BCUT2D eigenvalue weighted by molar-refractivity contribution is -0.137. The molecule has 1 amide bonds. The summed E-state index contributed by atoms with van der Waals surface area (Å²) >= 11 is 0. The molecule has 1 aromatic heterocycles. The molecule has 0 spiro atoms. The summed E-state index contributed by atoms with van der Waals surface area (Å²) in [5.41, 5.74) is 3.28. The number of halogens is 3. The SMILES string of the molecule is C=CC(=O)N(CCc1ccccc1C)c1ccc(-c2ccc(C(F)(F)F)cc2)nc1. The molecule has 0 bridgehead atoms. The molecule has 2 aromatic carbocycles. The predicted octanol–water partition coefficient (Wildman–Crippen LogP) is 5.84. The van der Waals surface area contributed by atoms with E-state index in [0.29, 0.717) is 29.9 Å². The first-order valence-electron chi connectivity index (χ1n) is 9.41. The number of rotatable bonds is 6. The van der Waals surface area contributed by atoms with Crippen LogP contribution in [0.5, 0.6) is 0 Å². The summed E-state index contributed by atoms with van der Waals surface area (Å²) in [7, 11) is 0. The van der Waals surface area contributed by atoms with Gasteiger partial charge in [0.2, 0.25) is 5.91 Å². The second-order valence-electron chi connectivity index (χ2n) is 6.85. The molecule has 0 radical (unpaired) electrons. The molecule has 6 heteroatoms. The van der Waals surface area contributed by atoms with E-state index in [1.54, 1.807) is 23.2 Å². The highest BCUT2D eigenvalue weighted by molar-refractivity contribution is 6.01. The molecule has 0 aliphatic heterocycles. The number of anilines is 1. The number of hydrogen-bond acceptors (Lipinski definition) is 2. The number of amides is 1. The fourth-order valence-electron chi connectivity index (χ4n) is 3.15. The first kappa shape index (κ1) is 21.3. The molecule has 0 N–H and O–H groups in total. The number of benzene rings is 2. The third-order valence-electron chi connectivity index (χ3n) is 4.87. The van der Waals surface area contributed by atoms with Gasteiger partial charge in [-0.25, -0.2) is 0 Å². The Bertz CT molecular complexity index is 1030. The van der Waals surface area contributed by atoms with Gasteiger partial charge in [0.05, 0.1) is 23.1 Å². The van der Waals surface area contributed by atoms with E-state index >= 15 is 0 Å².